The second-order valence-corrected chi connectivity index (χ2v) is 7.38. The standard InChI is InChI=1S/C19H25F2NO6/c1-19(2,3)28-17(23)22-10-15(9-14(22)12-25-16(20)21)27-18(24)26-11-13-7-5-4-6-8-13/h4-8,14-16H,9-12H2,1-3H3/t14-,15-/m0/s1. The van der Waals surface area contributed by atoms with Crippen LogP contribution in [0.1, 0.15) is 32.8 Å². The minimum Gasteiger partial charge on any atom is -0.444 e. The van der Waals surface area contributed by atoms with E-state index in [0.717, 1.165) is 5.56 Å². The molecule has 0 aromatic heterocycles. The normalized spacial score (nSPS) is 19.6. The van der Waals surface area contributed by atoms with Crippen molar-refractivity contribution in [1.29, 1.82) is 0 Å². The molecular weight excluding hydrogens is 376 g/mol. The van der Waals surface area contributed by atoms with E-state index in [2.05, 4.69) is 4.74 Å². The lowest BCUT2D eigenvalue weighted by molar-refractivity contribution is -0.138. The van der Waals surface area contributed by atoms with Crippen LogP contribution in [0.2, 0.25) is 0 Å². The minimum absolute atomic E-state index is 0.00656. The number of ether oxygens (including phenoxy) is 4. The van der Waals surface area contributed by atoms with Crippen molar-refractivity contribution in [1.82, 2.24) is 4.90 Å². The average molecular weight is 401 g/mol. The van der Waals surface area contributed by atoms with Gasteiger partial charge in [-0.3, -0.25) is 4.90 Å². The van der Waals surface area contributed by atoms with Crippen LogP contribution in [0.5, 0.6) is 0 Å². The first-order valence-corrected chi connectivity index (χ1v) is 8.91. The van der Waals surface area contributed by atoms with Gasteiger partial charge in [0.25, 0.3) is 0 Å². The van der Waals surface area contributed by atoms with Crippen molar-refractivity contribution in [2.24, 2.45) is 0 Å². The Kier molecular flexibility index (Phi) is 7.56. The number of carbonyl (C=O) groups is 2. The van der Waals surface area contributed by atoms with E-state index in [4.69, 9.17) is 14.2 Å². The number of hydrogen-bond donors (Lipinski definition) is 0. The first-order valence-electron chi connectivity index (χ1n) is 8.91. The van der Waals surface area contributed by atoms with Gasteiger partial charge in [0.05, 0.1) is 19.2 Å². The zero-order valence-electron chi connectivity index (χ0n) is 16.1. The molecule has 1 amide bonds. The van der Waals surface area contributed by atoms with Crippen molar-refractivity contribution in [2.75, 3.05) is 13.2 Å². The van der Waals surface area contributed by atoms with Crippen LogP contribution in [0.15, 0.2) is 30.3 Å². The van der Waals surface area contributed by atoms with Crippen LogP contribution in [0.3, 0.4) is 0 Å². The van der Waals surface area contributed by atoms with E-state index in [1.807, 2.05) is 18.2 Å². The third kappa shape index (κ3) is 7.30. The van der Waals surface area contributed by atoms with Crippen molar-refractivity contribution < 1.29 is 37.3 Å². The first kappa shape index (κ1) is 21.9. The molecule has 0 radical (unpaired) electrons. The summed E-state index contributed by atoms with van der Waals surface area (Å²) in [4.78, 5) is 25.5. The number of rotatable bonds is 6. The van der Waals surface area contributed by atoms with Crippen molar-refractivity contribution in [3.63, 3.8) is 0 Å². The minimum atomic E-state index is -2.96. The fourth-order valence-electron chi connectivity index (χ4n) is 2.73. The number of alkyl halides is 2. The molecule has 156 valence electrons. The van der Waals surface area contributed by atoms with Gasteiger partial charge in [-0.15, -0.1) is 0 Å². The summed E-state index contributed by atoms with van der Waals surface area (Å²) < 4.78 is 44.7. The zero-order chi connectivity index (χ0) is 20.7. The van der Waals surface area contributed by atoms with E-state index in [1.165, 1.54) is 4.90 Å². The Bertz CT molecular complexity index is 650. The number of amides is 1. The van der Waals surface area contributed by atoms with E-state index >= 15 is 0 Å². The molecule has 1 saturated heterocycles. The van der Waals surface area contributed by atoms with E-state index in [0.29, 0.717) is 0 Å². The third-order valence-corrected chi connectivity index (χ3v) is 3.88. The average Bonchev–Trinajstić information content (AvgIpc) is 3.00. The van der Waals surface area contributed by atoms with Gasteiger partial charge < -0.3 is 18.9 Å². The highest BCUT2D eigenvalue weighted by molar-refractivity contribution is 5.69. The van der Waals surface area contributed by atoms with Crippen LogP contribution in [0, 0.1) is 0 Å². The topological polar surface area (TPSA) is 74.3 Å². The lowest BCUT2D eigenvalue weighted by Gasteiger charge is -2.28. The van der Waals surface area contributed by atoms with E-state index in [-0.39, 0.29) is 19.6 Å². The summed E-state index contributed by atoms with van der Waals surface area (Å²) in [5.74, 6) is 0. The van der Waals surface area contributed by atoms with Crippen LogP contribution in [-0.2, 0) is 25.6 Å². The highest BCUT2D eigenvalue weighted by Crippen LogP contribution is 2.24. The van der Waals surface area contributed by atoms with E-state index < -0.39 is 43.2 Å². The molecule has 0 bridgehead atoms. The van der Waals surface area contributed by atoms with Crippen LogP contribution in [0.4, 0.5) is 18.4 Å². The Morgan fingerprint density at radius 3 is 2.50 bits per heavy atom. The molecule has 0 unspecified atom stereocenters. The monoisotopic (exact) mass is 401 g/mol. The smallest absolute Gasteiger partial charge is 0.444 e. The van der Waals surface area contributed by atoms with Gasteiger partial charge in [0.2, 0.25) is 0 Å². The Balaban J connectivity index is 1.91. The number of benzene rings is 1. The lowest BCUT2D eigenvalue weighted by Crippen LogP contribution is -2.42. The number of halogens is 2. The van der Waals surface area contributed by atoms with Gasteiger partial charge in [0.15, 0.2) is 0 Å². The summed E-state index contributed by atoms with van der Waals surface area (Å²) in [5, 5.41) is 0. The molecule has 1 fully saturated rings. The van der Waals surface area contributed by atoms with E-state index in [1.54, 1.807) is 32.9 Å². The second-order valence-electron chi connectivity index (χ2n) is 7.38. The summed E-state index contributed by atoms with van der Waals surface area (Å²) in [6.07, 6.45) is -2.14. The van der Waals surface area contributed by atoms with Crippen LogP contribution < -0.4 is 0 Å². The SMILES string of the molecule is CC(C)(C)OC(=O)N1C[C@@H](OC(=O)OCc2ccccc2)C[C@H]1COC(F)F. The summed E-state index contributed by atoms with van der Waals surface area (Å²) in [6.45, 7) is 1.78. The molecule has 7 nitrogen and oxygen atoms in total. The molecule has 0 N–H and O–H groups in total. The first-order chi connectivity index (χ1) is 13.1. The van der Waals surface area contributed by atoms with Crippen LogP contribution >= 0.6 is 0 Å². The molecule has 2 atom stereocenters. The quantitative estimate of drug-likeness (QED) is 0.672. The molecule has 2 rings (SSSR count). The van der Waals surface area contributed by atoms with Crippen molar-refractivity contribution in [3.8, 4) is 0 Å². The fraction of sp³-hybridized carbons (Fsp3) is 0.579. The third-order valence-electron chi connectivity index (χ3n) is 3.88. The highest BCUT2D eigenvalue weighted by Gasteiger charge is 2.40. The maximum Gasteiger partial charge on any atom is 0.508 e. The Labute approximate surface area is 162 Å². The maximum absolute atomic E-state index is 12.4. The molecule has 0 aliphatic carbocycles. The molecule has 1 aromatic rings. The number of hydrogen-bond acceptors (Lipinski definition) is 6. The molecule has 0 spiro atoms. The molecule has 1 aromatic carbocycles. The lowest BCUT2D eigenvalue weighted by atomic mass is 10.2. The largest absolute Gasteiger partial charge is 0.508 e. The number of nitrogens with zero attached hydrogens (tertiary/aromatic N) is 1. The van der Waals surface area contributed by atoms with Gasteiger partial charge >= 0.3 is 18.9 Å². The van der Waals surface area contributed by atoms with Gasteiger partial charge in [-0.05, 0) is 26.3 Å². The van der Waals surface area contributed by atoms with Gasteiger partial charge in [0, 0.05) is 6.42 Å². The van der Waals surface area contributed by atoms with Crippen molar-refractivity contribution in [3.05, 3.63) is 35.9 Å². The highest BCUT2D eigenvalue weighted by atomic mass is 19.3. The van der Waals surface area contributed by atoms with Gasteiger partial charge in [-0.2, -0.15) is 8.78 Å². The summed E-state index contributed by atoms with van der Waals surface area (Å²) >= 11 is 0. The van der Waals surface area contributed by atoms with Gasteiger partial charge in [-0.1, -0.05) is 30.3 Å². The molecule has 9 heteroatoms. The number of carbonyl (C=O) groups excluding carboxylic acids is 2. The van der Waals surface area contributed by atoms with E-state index in [9.17, 15) is 18.4 Å². The summed E-state index contributed by atoms with van der Waals surface area (Å²) in [5.41, 5.74) is 0.0446. The zero-order valence-corrected chi connectivity index (χ0v) is 16.1. The molecule has 1 heterocycles. The fourth-order valence-corrected chi connectivity index (χ4v) is 2.73. The summed E-state index contributed by atoms with van der Waals surface area (Å²) in [6, 6.07) is 8.36. The molecule has 1 aliphatic heterocycles. The molecule has 0 saturated carbocycles. The maximum atomic E-state index is 12.4. The number of likely N-dealkylation sites (tertiary alicyclic amines) is 1. The molecule has 1 aliphatic rings. The van der Waals surface area contributed by atoms with Crippen LogP contribution in [0.25, 0.3) is 0 Å². The van der Waals surface area contributed by atoms with Gasteiger partial charge in [-0.25, -0.2) is 9.59 Å². The Morgan fingerprint density at radius 2 is 1.89 bits per heavy atom. The predicted octanol–water partition coefficient (Wildman–Crippen LogP) is 3.96. The van der Waals surface area contributed by atoms with Gasteiger partial charge in [0.1, 0.15) is 18.3 Å². The summed E-state index contributed by atoms with van der Waals surface area (Å²) in [7, 11) is 0. The predicted molar refractivity (Wildman–Crippen MR) is 94.8 cm³/mol. The Morgan fingerprint density at radius 1 is 1.21 bits per heavy atom. The Hall–Kier alpha value is -2.42. The van der Waals surface area contributed by atoms with Crippen molar-refractivity contribution >= 4 is 12.2 Å². The molecule has 28 heavy (non-hydrogen) atoms. The second kappa shape index (κ2) is 9.68. The van der Waals surface area contributed by atoms with Crippen LogP contribution in [-0.4, -0.2) is 54.7 Å². The molecular formula is C19H25F2NO6. The van der Waals surface area contributed by atoms with Crippen molar-refractivity contribution in [2.45, 2.75) is 58.2 Å².